The van der Waals surface area contributed by atoms with Gasteiger partial charge in [-0.2, -0.15) is 0 Å². The number of ether oxygens (including phenoxy) is 2. The summed E-state index contributed by atoms with van der Waals surface area (Å²) in [6.45, 7) is 24.5. The number of allylic oxidation sites excluding steroid dienone is 2. The molecule has 0 bridgehead atoms. The van der Waals surface area contributed by atoms with E-state index in [2.05, 4.69) is 75.3 Å². The van der Waals surface area contributed by atoms with Crippen LogP contribution in [0.2, 0.25) is 0 Å². The van der Waals surface area contributed by atoms with E-state index < -0.39 is 0 Å². The van der Waals surface area contributed by atoms with Crippen molar-refractivity contribution in [1.29, 1.82) is 0 Å². The van der Waals surface area contributed by atoms with Crippen molar-refractivity contribution < 1.29 is 14.6 Å². The summed E-state index contributed by atoms with van der Waals surface area (Å²) in [5.41, 5.74) is 8.01. The molecule has 3 N–H and O–H groups in total. The molecule has 0 aliphatic carbocycles. The second-order valence-corrected chi connectivity index (χ2v) is 13.8. The van der Waals surface area contributed by atoms with Gasteiger partial charge in [0.25, 0.3) is 0 Å². The normalized spacial score (nSPS) is 16.8. The Labute approximate surface area is 232 Å². The zero-order valence-corrected chi connectivity index (χ0v) is 26.7. The molecule has 0 saturated carbocycles. The molecule has 0 amide bonds. The van der Waals surface area contributed by atoms with Gasteiger partial charge >= 0.3 is 0 Å². The van der Waals surface area contributed by atoms with Crippen molar-refractivity contribution in [2.24, 2.45) is 34.3 Å². The van der Waals surface area contributed by atoms with Crippen molar-refractivity contribution in [1.82, 2.24) is 0 Å². The van der Waals surface area contributed by atoms with Gasteiger partial charge in [0, 0.05) is 25.2 Å². The van der Waals surface area contributed by atoms with Crippen molar-refractivity contribution in [2.45, 2.75) is 152 Å². The van der Waals surface area contributed by atoms with E-state index in [0.717, 1.165) is 51.7 Å². The molecule has 0 saturated heterocycles. The van der Waals surface area contributed by atoms with Gasteiger partial charge in [0.2, 0.25) is 0 Å². The molecule has 0 aromatic carbocycles. The van der Waals surface area contributed by atoms with Crippen molar-refractivity contribution in [3.63, 3.8) is 0 Å². The minimum absolute atomic E-state index is 0.0221. The minimum atomic E-state index is -0.222. The van der Waals surface area contributed by atoms with Crippen LogP contribution >= 0.6 is 0 Å². The van der Waals surface area contributed by atoms with Crippen molar-refractivity contribution in [3.8, 4) is 0 Å². The predicted octanol–water partition coefficient (Wildman–Crippen LogP) is 8.90. The van der Waals surface area contributed by atoms with Crippen LogP contribution in [0.3, 0.4) is 0 Å². The van der Waals surface area contributed by atoms with Gasteiger partial charge in [-0.25, -0.2) is 0 Å². The van der Waals surface area contributed by atoms with Crippen molar-refractivity contribution in [2.75, 3.05) is 19.8 Å². The molecule has 222 valence electrons. The summed E-state index contributed by atoms with van der Waals surface area (Å²) in [5.74, 6) is 1.93. The number of nitrogens with two attached hydrogens (primary N) is 1. The molecule has 5 unspecified atom stereocenters. The van der Waals surface area contributed by atoms with Gasteiger partial charge in [-0.15, -0.1) is 0 Å². The molecule has 5 atom stereocenters. The quantitative estimate of drug-likeness (QED) is 0.103. The first kappa shape index (κ1) is 36.6. The Morgan fingerprint density at radius 3 is 1.76 bits per heavy atom. The van der Waals surface area contributed by atoms with Crippen LogP contribution in [0.1, 0.15) is 140 Å². The summed E-state index contributed by atoms with van der Waals surface area (Å²) in [4.78, 5) is 0. The summed E-state index contributed by atoms with van der Waals surface area (Å²) in [5, 5.41) is 9.08. The summed E-state index contributed by atoms with van der Waals surface area (Å²) < 4.78 is 12.4. The SMILES string of the molecule is CC(C)=CCCC(C)CCOC(C)C(C)(C)CCCC(C)CCOC(N)C(C)(C)CCCC(C)CCO. The number of aliphatic hydroxyl groups excluding tert-OH is 1. The molecule has 0 aliphatic heterocycles. The standard InChI is InChI=1S/C33H67NO3/c1-26(2)14-11-15-28(4)19-24-36-30(6)32(7,8)21-12-17-29(5)20-25-37-31(34)33(9,10)22-13-16-27(3)18-23-35/h14,27-31,35H,11-13,15-25,34H2,1-10H3. The lowest BCUT2D eigenvalue weighted by Gasteiger charge is -2.33. The molecule has 0 heterocycles. The first-order valence-electron chi connectivity index (χ1n) is 15.4. The first-order chi connectivity index (χ1) is 17.2. The van der Waals surface area contributed by atoms with E-state index in [-0.39, 0.29) is 29.8 Å². The van der Waals surface area contributed by atoms with Crippen LogP contribution < -0.4 is 5.73 Å². The van der Waals surface area contributed by atoms with E-state index in [9.17, 15) is 0 Å². The van der Waals surface area contributed by atoms with Crippen LogP contribution in [0.4, 0.5) is 0 Å². The van der Waals surface area contributed by atoms with E-state index in [1.807, 2.05) is 0 Å². The molecule has 0 radical (unpaired) electrons. The van der Waals surface area contributed by atoms with E-state index in [1.54, 1.807) is 0 Å². The Hall–Kier alpha value is -0.420. The highest BCUT2D eigenvalue weighted by Gasteiger charge is 2.28. The van der Waals surface area contributed by atoms with Crippen molar-refractivity contribution >= 4 is 0 Å². The molecule has 4 nitrogen and oxygen atoms in total. The third-order valence-corrected chi connectivity index (χ3v) is 8.63. The maximum atomic E-state index is 9.08. The number of aliphatic hydroxyl groups is 1. The van der Waals surface area contributed by atoms with Gasteiger partial charge in [0.1, 0.15) is 6.23 Å². The molecule has 4 heteroatoms. The fourth-order valence-corrected chi connectivity index (χ4v) is 4.76. The fraction of sp³-hybridized carbons (Fsp3) is 0.939. The Bertz CT molecular complexity index is 582. The molecule has 0 rings (SSSR count). The number of hydrogen-bond donors (Lipinski definition) is 2. The Balaban J connectivity index is 4.12. The molecule has 0 spiro atoms. The second kappa shape index (κ2) is 19.6. The van der Waals surface area contributed by atoms with E-state index in [0.29, 0.717) is 17.8 Å². The van der Waals surface area contributed by atoms with Crippen LogP contribution in [0, 0.1) is 28.6 Å². The largest absolute Gasteiger partial charge is 0.396 e. The van der Waals surface area contributed by atoms with Crippen LogP contribution in [0.15, 0.2) is 11.6 Å². The highest BCUT2D eigenvalue weighted by Crippen LogP contribution is 2.32. The Morgan fingerprint density at radius 1 is 0.730 bits per heavy atom. The molecule has 37 heavy (non-hydrogen) atoms. The van der Waals surface area contributed by atoms with Crippen molar-refractivity contribution in [3.05, 3.63) is 11.6 Å². The van der Waals surface area contributed by atoms with Crippen LogP contribution in [0.5, 0.6) is 0 Å². The maximum Gasteiger partial charge on any atom is 0.110 e. The number of hydrogen-bond acceptors (Lipinski definition) is 4. The van der Waals surface area contributed by atoms with Gasteiger partial charge in [-0.3, -0.25) is 0 Å². The molecular formula is C33H67NO3. The first-order valence-corrected chi connectivity index (χ1v) is 15.4. The summed E-state index contributed by atoms with van der Waals surface area (Å²) in [6.07, 6.45) is 14.9. The van der Waals surface area contributed by atoms with E-state index >= 15 is 0 Å². The molecule has 0 aliphatic rings. The van der Waals surface area contributed by atoms with E-state index in [4.69, 9.17) is 20.3 Å². The smallest absolute Gasteiger partial charge is 0.110 e. The monoisotopic (exact) mass is 526 g/mol. The van der Waals surface area contributed by atoms with Crippen LogP contribution in [0.25, 0.3) is 0 Å². The Morgan fingerprint density at radius 2 is 1.22 bits per heavy atom. The van der Waals surface area contributed by atoms with Gasteiger partial charge < -0.3 is 20.3 Å². The third kappa shape index (κ3) is 18.5. The van der Waals surface area contributed by atoms with E-state index in [1.165, 1.54) is 37.7 Å². The highest BCUT2D eigenvalue weighted by atomic mass is 16.5. The maximum absolute atomic E-state index is 9.08. The predicted molar refractivity (Wildman–Crippen MR) is 162 cm³/mol. The highest BCUT2D eigenvalue weighted by molar-refractivity contribution is 4.92. The molecule has 0 fully saturated rings. The van der Waals surface area contributed by atoms with Gasteiger partial charge in [0.05, 0.1) is 6.10 Å². The zero-order chi connectivity index (χ0) is 28.5. The lowest BCUT2D eigenvalue weighted by atomic mass is 9.81. The Kier molecular flexibility index (Phi) is 19.4. The molecule has 0 aromatic heterocycles. The zero-order valence-electron chi connectivity index (χ0n) is 26.7. The number of rotatable bonds is 23. The van der Waals surface area contributed by atoms with Crippen LogP contribution in [-0.4, -0.2) is 37.3 Å². The van der Waals surface area contributed by atoms with Gasteiger partial charge in [-0.05, 0) is 88.9 Å². The van der Waals surface area contributed by atoms with Gasteiger partial charge in [-0.1, -0.05) is 85.8 Å². The third-order valence-electron chi connectivity index (χ3n) is 8.63. The summed E-state index contributed by atoms with van der Waals surface area (Å²) >= 11 is 0. The second-order valence-electron chi connectivity index (χ2n) is 13.8. The minimum Gasteiger partial charge on any atom is -0.396 e. The van der Waals surface area contributed by atoms with Gasteiger partial charge in [0.15, 0.2) is 0 Å². The average molecular weight is 526 g/mol. The topological polar surface area (TPSA) is 64.7 Å². The van der Waals surface area contributed by atoms with Crippen LogP contribution in [-0.2, 0) is 9.47 Å². The fourth-order valence-electron chi connectivity index (χ4n) is 4.76. The lowest BCUT2D eigenvalue weighted by molar-refractivity contribution is -0.0320. The average Bonchev–Trinajstić information content (AvgIpc) is 2.78. The summed E-state index contributed by atoms with van der Waals surface area (Å²) in [6, 6.07) is 0. The lowest BCUT2D eigenvalue weighted by Crippen LogP contribution is -2.40. The molecular weight excluding hydrogens is 458 g/mol. The molecule has 0 aromatic rings. The summed E-state index contributed by atoms with van der Waals surface area (Å²) in [7, 11) is 0.